The Balaban J connectivity index is 3.72. The Labute approximate surface area is 60.2 Å². The third-order valence-electron chi connectivity index (χ3n) is 1.08. The highest BCUT2D eigenvalue weighted by Crippen LogP contribution is 1.88. The van der Waals surface area contributed by atoms with Crippen LogP contribution in [0.4, 0.5) is 0 Å². The van der Waals surface area contributed by atoms with Crippen LogP contribution in [0.1, 0.15) is 0 Å². The van der Waals surface area contributed by atoms with Gasteiger partial charge in [-0.05, 0) is 0 Å². The molecule has 0 saturated heterocycles. The van der Waals surface area contributed by atoms with Gasteiger partial charge in [-0.3, -0.25) is 9.80 Å². The Bertz CT molecular complexity index is 105. The number of alkyl halides is 1. The van der Waals surface area contributed by atoms with E-state index in [0.29, 0.717) is 0 Å². The van der Waals surface area contributed by atoms with E-state index < -0.39 is 0 Å². The summed E-state index contributed by atoms with van der Waals surface area (Å²) >= 11 is 5.27. The van der Waals surface area contributed by atoms with Crippen molar-refractivity contribution in [2.75, 3.05) is 27.0 Å². The van der Waals surface area contributed by atoms with Gasteiger partial charge in [0, 0.05) is 21.1 Å². The molecule has 0 rings (SSSR count). The van der Waals surface area contributed by atoms with Gasteiger partial charge in [0.25, 0.3) is 5.91 Å². The molecule has 0 radical (unpaired) electrons. The molecule has 0 atom stereocenters. The second kappa shape index (κ2) is 3.69. The number of halogens is 1. The quantitative estimate of drug-likeness (QED) is 0.414. The molecule has 0 fully saturated rings. The maximum absolute atomic E-state index is 10.7. The summed E-state index contributed by atoms with van der Waals surface area (Å²) in [5.74, 6) is -0.0593. The summed E-state index contributed by atoms with van der Waals surface area (Å²) in [5.41, 5.74) is 0. The molecule has 0 aromatic heterocycles. The molecule has 0 N–H and O–H groups in total. The van der Waals surface area contributed by atoms with Gasteiger partial charge in [-0.2, -0.15) is 0 Å². The first kappa shape index (κ1) is 8.72. The van der Waals surface area contributed by atoms with Crippen LogP contribution in [0.15, 0.2) is 0 Å². The molecular weight excluding hydrogens is 140 g/mol. The normalized spacial score (nSPS) is 9.89. The SMILES string of the molecule is CN(C)N(C)C(=O)CCl. The molecule has 0 saturated carbocycles. The van der Waals surface area contributed by atoms with Crippen LogP contribution in [0.3, 0.4) is 0 Å². The first-order valence-electron chi connectivity index (χ1n) is 2.59. The lowest BCUT2D eigenvalue weighted by Crippen LogP contribution is -2.39. The lowest BCUT2D eigenvalue weighted by Gasteiger charge is -2.22. The van der Waals surface area contributed by atoms with Crippen molar-refractivity contribution < 1.29 is 4.79 Å². The second-order valence-electron chi connectivity index (χ2n) is 1.90. The molecule has 0 aliphatic heterocycles. The van der Waals surface area contributed by atoms with Crippen molar-refractivity contribution in [3.63, 3.8) is 0 Å². The highest BCUT2D eigenvalue weighted by atomic mass is 35.5. The minimum absolute atomic E-state index is 0.0364. The molecular formula is C5H11ClN2O. The van der Waals surface area contributed by atoms with E-state index >= 15 is 0 Å². The van der Waals surface area contributed by atoms with Gasteiger partial charge in [0.1, 0.15) is 5.88 Å². The van der Waals surface area contributed by atoms with E-state index in [1.165, 1.54) is 5.01 Å². The van der Waals surface area contributed by atoms with Crippen LogP contribution < -0.4 is 0 Å². The van der Waals surface area contributed by atoms with Gasteiger partial charge in [0.2, 0.25) is 0 Å². The van der Waals surface area contributed by atoms with Crippen LogP contribution in [-0.2, 0) is 4.79 Å². The maximum atomic E-state index is 10.7. The first-order chi connectivity index (χ1) is 4.09. The monoisotopic (exact) mass is 150 g/mol. The van der Waals surface area contributed by atoms with Crippen LogP contribution in [0.2, 0.25) is 0 Å². The number of rotatable bonds is 2. The number of hydrogen-bond donors (Lipinski definition) is 0. The van der Waals surface area contributed by atoms with Crippen molar-refractivity contribution >= 4 is 17.5 Å². The van der Waals surface area contributed by atoms with Crippen molar-refractivity contribution in [1.82, 2.24) is 10.0 Å². The van der Waals surface area contributed by atoms with E-state index in [1.807, 2.05) is 0 Å². The molecule has 9 heavy (non-hydrogen) atoms. The van der Waals surface area contributed by atoms with Crippen molar-refractivity contribution in [3.05, 3.63) is 0 Å². The molecule has 0 aromatic carbocycles. The van der Waals surface area contributed by atoms with Crippen LogP contribution in [0, 0.1) is 0 Å². The zero-order valence-corrected chi connectivity index (χ0v) is 6.64. The zero-order chi connectivity index (χ0) is 7.44. The summed E-state index contributed by atoms with van der Waals surface area (Å²) in [4.78, 5) is 10.7. The van der Waals surface area contributed by atoms with Gasteiger partial charge < -0.3 is 0 Å². The van der Waals surface area contributed by atoms with Crippen LogP contribution in [0.5, 0.6) is 0 Å². The van der Waals surface area contributed by atoms with E-state index in [1.54, 1.807) is 26.2 Å². The van der Waals surface area contributed by atoms with Crippen molar-refractivity contribution in [3.8, 4) is 0 Å². The Morgan fingerprint density at radius 2 is 1.89 bits per heavy atom. The summed E-state index contributed by atoms with van der Waals surface area (Å²) in [7, 11) is 5.24. The number of amides is 1. The number of carbonyl (C=O) groups excluding carboxylic acids is 1. The molecule has 3 nitrogen and oxygen atoms in total. The topological polar surface area (TPSA) is 23.6 Å². The van der Waals surface area contributed by atoms with Gasteiger partial charge in [-0.1, -0.05) is 0 Å². The minimum atomic E-state index is -0.0957. The van der Waals surface area contributed by atoms with Gasteiger partial charge in [-0.15, -0.1) is 11.6 Å². The fourth-order valence-corrected chi connectivity index (χ4v) is 0.483. The summed E-state index contributed by atoms with van der Waals surface area (Å²) < 4.78 is 0. The third kappa shape index (κ3) is 2.67. The highest BCUT2D eigenvalue weighted by Gasteiger charge is 2.06. The summed E-state index contributed by atoms with van der Waals surface area (Å²) in [6.45, 7) is 0. The van der Waals surface area contributed by atoms with E-state index in [2.05, 4.69) is 0 Å². The van der Waals surface area contributed by atoms with Gasteiger partial charge in [-0.25, -0.2) is 5.01 Å². The minimum Gasteiger partial charge on any atom is -0.278 e. The van der Waals surface area contributed by atoms with Crippen molar-refractivity contribution in [2.45, 2.75) is 0 Å². The Morgan fingerprint density at radius 1 is 1.44 bits per heavy atom. The average Bonchev–Trinajstić information content (AvgIpc) is 1.84. The number of nitrogens with zero attached hydrogens (tertiary/aromatic N) is 2. The van der Waals surface area contributed by atoms with Gasteiger partial charge in [0.05, 0.1) is 0 Å². The van der Waals surface area contributed by atoms with Crippen LogP contribution in [0.25, 0.3) is 0 Å². The highest BCUT2D eigenvalue weighted by molar-refractivity contribution is 6.27. The third-order valence-corrected chi connectivity index (χ3v) is 1.30. The summed E-state index contributed by atoms with van der Waals surface area (Å²) in [6, 6.07) is 0. The largest absolute Gasteiger partial charge is 0.278 e. The Hall–Kier alpha value is -0.280. The molecule has 54 valence electrons. The van der Waals surface area contributed by atoms with Gasteiger partial charge in [0.15, 0.2) is 0 Å². The molecule has 0 unspecified atom stereocenters. The molecule has 1 amide bonds. The Morgan fingerprint density at radius 3 is 2.00 bits per heavy atom. The van der Waals surface area contributed by atoms with Crippen molar-refractivity contribution in [1.29, 1.82) is 0 Å². The van der Waals surface area contributed by atoms with Crippen molar-refractivity contribution in [2.24, 2.45) is 0 Å². The predicted octanol–water partition coefficient (Wildman–Crippen LogP) is 0.160. The number of carbonyl (C=O) groups is 1. The molecule has 0 heterocycles. The smallest absolute Gasteiger partial charge is 0.251 e. The Kier molecular flexibility index (Phi) is 3.58. The predicted molar refractivity (Wildman–Crippen MR) is 37.2 cm³/mol. The number of hydrogen-bond acceptors (Lipinski definition) is 2. The summed E-state index contributed by atoms with van der Waals surface area (Å²) in [6.07, 6.45) is 0. The molecule has 0 aliphatic carbocycles. The molecule has 0 aliphatic rings. The molecule has 4 heteroatoms. The van der Waals surface area contributed by atoms with Gasteiger partial charge >= 0.3 is 0 Å². The second-order valence-corrected chi connectivity index (χ2v) is 2.17. The van der Waals surface area contributed by atoms with Crippen LogP contribution >= 0.6 is 11.6 Å². The fraction of sp³-hybridized carbons (Fsp3) is 0.800. The van der Waals surface area contributed by atoms with E-state index in [0.717, 1.165) is 0 Å². The molecule has 0 spiro atoms. The molecule has 0 bridgehead atoms. The standard InChI is InChI=1S/C5H11ClN2O/c1-7(2)8(3)5(9)4-6/h4H2,1-3H3. The van der Waals surface area contributed by atoms with E-state index in [9.17, 15) is 4.79 Å². The van der Waals surface area contributed by atoms with Crippen LogP contribution in [-0.4, -0.2) is 42.9 Å². The summed E-state index contributed by atoms with van der Waals surface area (Å²) in [5, 5.41) is 3.12. The zero-order valence-electron chi connectivity index (χ0n) is 5.89. The fourth-order valence-electron chi connectivity index (χ4n) is 0.310. The molecule has 0 aromatic rings. The lowest BCUT2D eigenvalue weighted by molar-refractivity contribution is -0.138. The maximum Gasteiger partial charge on any atom is 0.251 e. The first-order valence-corrected chi connectivity index (χ1v) is 3.12. The van der Waals surface area contributed by atoms with E-state index in [4.69, 9.17) is 11.6 Å². The van der Waals surface area contributed by atoms with E-state index in [-0.39, 0.29) is 11.8 Å². The average molecular weight is 151 g/mol. The lowest BCUT2D eigenvalue weighted by atomic mass is 10.7. The number of hydrazine groups is 1.